The van der Waals surface area contributed by atoms with Crippen LogP contribution in [0.15, 0.2) is 98.2 Å². The molecule has 0 N–H and O–H groups in total. The Kier molecular flexibility index (Phi) is 4.85. The van der Waals surface area contributed by atoms with E-state index in [1.165, 1.54) is 21.9 Å². The second-order valence-electron chi connectivity index (χ2n) is 9.89. The van der Waals surface area contributed by atoms with Crippen molar-refractivity contribution < 1.29 is 0 Å². The number of hydrogen-bond acceptors (Lipinski definition) is 2. The maximum atomic E-state index is 5.16. The van der Waals surface area contributed by atoms with Gasteiger partial charge in [-0.3, -0.25) is 9.13 Å². The zero-order valence-corrected chi connectivity index (χ0v) is 21.4. The van der Waals surface area contributed by atoms with Crippen LogP contribution in [0.4, 0.5) is 0 Å². The van der Waals surface area contributed by atoms with E-state index in [9.17, 15) is 0 Å². The Hall–Kier alpha value is -4.96. The SMILES string of the molecule is C=Cc1ccc2c(c1)c1cc(C=C)ccc1n2-c1ccnc(-n2c3ccc(C)cc3c3cc(C)ccc32)n1. The number of aryl methyl sites for hydroxylation is 2. The highest BCUT2D eigenvalue weighted by molar-refractivity contribution is 6.11. The van der Waals surface area contributed by atoms with Gasteiger partial charge < -0.3 is 0 Å². The molecule has 0 fully saturated rings. The third-order valence-electron chi connectivity index (χ3n) is 7.42. The molecule has 182 valence electrons. The average molecular weight is 491 g/mol. The van der Waals surface area contributed by atoms with Crippen LogP contribution >= 0.6 is 0 Å². The summed E-state index contributed by atoms with van der Waals surface area (Å²) in [6, 6.07) is 28.0. The number of hydrogen-bond donors (Lipinski definition) is 0. The van der Waals surface area contributed by atoms with E-state index in [1.807, 2.05) is 24.4 Å². The van der Waals surface area contributed by atoms with Crippen LogP contribution in [0.5, 0.6) is 0 Å². The Bertz CT molecular complexity index is 1960. The molecule has 0 aliphatic carbocycles. The van der Waals surface area contributed by atoms with E-state index < -0.39 is 0 Å². The maximum Gasteiger partial charge on any atom is 0.236 e. The summed E-state index contributed by atoms with van der Waals surface area (Å²) >= 11 is 0. The zero-order valence-electron chi connectivity index (χ0n) is 21.4. The highest BCUT2D eigenvalue weighted by Crippen LogP contribution is 2.35. The van der Waals surface area contributed by atoms with Gasteiger partial charge in [-0.05, 0) is 79.6 Å². The molecule has 0 aliphatic heterocycles. The first-order valence-electron chi connectivity index (χ1n) is 12.7. The van der Waals surface area contributed by atoms with Crippen LogP contribution in [0, 0.1) is 13.8 Å². The predicted molar refractivity (Wildman–Crippen MR) is 160 cm³/mol. The van der Waals surface area contributed by atoms with Crippen molar-refractivity contribution in [2.24, 2.45) is 0 Å². The monoisotopic (exact) mass is 490 g/mol. The van der Waals surface area contributed by atoms with Gasteiger partial charge >= 0.3 is 0 Å². The van der Waals surface area contributed by atoms with Crippen LogP contribution in [0.3, 0.4) is 0 Å². The van der Waals surface area contributed by atoms with Crippen molar-refractivity contribution in [1.82, 2.24) is 19.1 Å². The number of rotatable bonds is 4. The van der Waals surface area contributed by atoms with Crippen LogP contribution in [0.1, 0.15) is 22.3 Å². The Labute approximate surface area is 220 Å². The van der Waals surface area contributed by atoms with E-state index in [-0.39, 0.29) is 0 Å². The smallest absolute Gasteiger partial charge is 0.236 e. The van der Waals surface area contributed by atoms with Crippen LogP contribution in [0.25, 0.3) is 67.5 Å². The molecule has 0 radical (unpaired) electrons. The minimum atomic E-state index is 0.649. The normalized spacial score (nSPS) is 11.6. The number of nitrogens with zero attached hydrogens (tertiary/aromatic N) is 4. The highest BCUT2D eigenvalue weighted by Gasteiger charge is 2.18. The van der Waals surface area contributed by atoms with Gasteiger partial charge in [0, 0.05) is 27.7 Å². The van der Waals surface area contributed by atoms with Gasteiger partial charge in [0.15, 0.2) is 0 Å². The quantitative estimate of drug-likeness (QED) is 0.248. The first-order chi connectivity index (χ1) is 18.6. The number of benzene rings is 4. The van der Waals surface area contributed by atoms with Gasteiger partial charge in [0.1, 0.15) is 5.82 Å². The average Bonchev–Trinajstić information content (AvgIpc) is 3.44. The lowest BCUT2D eigenvalue weighted by molar-refractivity contribution is 0.948. The van der Waals surface area contributed by atoms with Crippen LogP contribution in [-0.4, -0.2) is 19.1 Å². The molecule has 7 aromatic rings. The molecule has 3 heterocycles. The third-order valence-corrected chi connectivity index (χ3v) is 7.42. The van der Waals surface area contributed by atoms with Gasteiger partial charge in [-0.1, -0.05) is 60.7 Å². The van der Waals surface area contributed by atoms with Crippen molar-refractivity contribution in [2.45, 2.75) is 13.8 Å². The molecular weight excluding hydrogens is 464 g/mol. The molecule has 0 amide bonds. The fraction of sp³-hybridized carbons (Fsp3) is 0.0588. The molecule has 0 bridgehead atoms. The lowest BCUT2D eigenvalue weighted by Gasteiger charge is -2.11. The maximum absolute atomic E-state index is 5.16. The number of fused-ring (bicyclic) bond motifs is 6. The van der Waals surface area contributed by atoms with Gasteiger partial charge in [-0.25, -0.2) is 4.98 Å². The lowest BCUT2D eigenvalue weighted by atomic mass is 10.1. The molecule has 4 heteroatoms. The molecule has 0 aliphatic rings. The van der Waals surface area contributed by atoms with Crippen LogP contribution in [0.2, 0.25) is 0 Å². The zero-order chi connectivity index (χ0) is 26.0. The van der Waals surface area contributed by atoms with Crippen molar-refractivity contribution in [3.63, 3.8) is 0 Å². The third kappa shape index (κ3) is 3.24. The minimum Gasteiger partial charge on any atom is -0.294 e. The van der Waals surface area contributed by atoms with E-state index in [2.05, 4.69) is 109 Å². The first-order valence-corrected chi connectivity index (χ1v) is 12.7. The minimum absolute atomic E-state index is 0.649. The van der Waals surface area contributed by atoms with Gasteiger partial charge in [0.25, 0.3) is 0 Å². The topological polar surface area (TPSA) is 35.6 Å². The summed E-state index contributed by atoms with van der Waals surface area (Å²) in [4.78, 5) is 9.93. The van der Waals surface area contributed by atoms with Crippen molar-refractivity contribution in [2.75, 3.05) is 0 Å². The molecule has 0 spiro atoms. The molecule has 38 heavy (non-hydrogen) atoms. The summed E-state index contributed by atoms with van der Waals surface area (Å²) in [5.74, 6) is 1.47. The van der Waals surface area contributed by atoms with E-state index >= 15 is 0 Å². The summed E-state index contributed by atoms with van der Waals surface area (Å²) < 4.78 is 4.39. The second kappa shape index (κ2) is 8.29. The van der Waals surface area contributed by atoms with E-state index in [4.69, 9.17) is 9.97 Å². The van der Waals surface area contributed by atoms with Crippen molar-refractivity contribution in [3.05, 3.63) is 120 Å². The summed E-state index contributed by atoms with van der Waals surface area (Å²) in [6.45, 7) is 12.2. The van der Waals surface area contributed by atoms with E-state index in [0.717, 1.165) is 49.8 Å². The summed E-state index contributed by atoms with van der Waals surface area (Å²) in [5.41, 5.74) is 9.00. The summed E-state index contributed by atoms with van der Waals surface area (Å²) in [7, 11) is 0. The van der Waals surface area contributed by atoms with Crippen molar-refractivity contribution in [3.8, 4) is 11.8 Å². The molecule has 4 aromatic carbocycles. The molecule has 3 aromatic heterocycles. The Morgan fingerprint density at radius 3 is 1.58 bits per heavy atom. The van der Waals surface area contributed by atoms with Gasteiger partial charge in [-0.2, -0.15) is 4.98 Å². The first kappa shape index (κ1) is 22.3. The fourth-order valence-electron chi connectivity index (χ4n) is 5.60. The molecule has 0 atom stereocenters. The van der Waals surface area contributed by atoms with Crippen LogP contribution < -0.4 is 0 Å². The fourth-order valence-corrected chi connectivity index (χ4v) is 5.60. The molecule has 7 rings (SSSR count). The van der Waals surface area contributed by atoms with Gasteiger partial charge in [0.2, 0.25) is 5.95 Å². The van der Waals surface area contributed by atoms with Gasteiger partial charge in [-0.15, -0.1) is 0 Å². The largest absolute Gasteiger partial charge is 0.294 e. The predicted octanol–water partition coefficient (Wildman–Crippen LogP) is 8.57. The van der Waals surface area contributed by atoms with E-state index in [1.54, 1.807) is 0 Å². The summed E-state index contributed by atoms with van der Waals surface area (Å²) in [5, 5.41) is 4.74. The molecule has 0 saturated carbocycles. The Balaban J connectivity index is 1.53. The number of aromatic nitrogens is 4. The standard InChI is InChI=1S/C34H26N4/c1-5-23-9-13-29-27(19-23)28-20-24(6-2)10-14-30(28)37(29)33-15-16-35-34(36-33)38-31-11-7-21(3)17-25(31)26-18-22(4)8-12-32(26)38/h5-20H,1-2H2,3-4H3. The van der Waals surface area contributed by atoms with E-state index in [0.29, 0.717) is 5.95 Å². The van der Waals surface area contributed by atoms with Crippen molar-refractivity contribution >= 4 is 55.8 Å². The summed E-state index contributed by atoms with van der Waals surface area (Å²) in [6.07, 6.45) is 5.62. The highest BCUT2D eigenvalue weighted by atomic mass is 15.2. The second-order valence-corrected chi connectivity index (χ2v) is 9.89. The molecule has 0 unspecified atom stereocenters. The van der Waals surface area contributed by atoms with Gasteiger partial charge in [0.05, 0.1) is 22.1 Å². The molecular formula is C34H26N4. The Morgan fingerprint density at radius 1 is 0.579 bits per heavy atom. The van der Waals surface area contributed by atoms with Crippen LogP contribution in [-0.2, 0) is 0 Å². The van der Waals surface area contributed by atoms with Crippen molar-refractivity contribution in [1.29, 1.82) is 0 Å². The lowest BCUT2D eigenvalue weighted by Crippen LogP contribution is -2.05. The molecule has 4 nitrogen and oxygen atoms in total. The Morgan fingerprint density at radius 2 is 1.05 bits per heavy atom. The molecule has 0 saturated heterocycles.